The molecule has 3 rings (SSSR count). The molecule has 1 atom stereocenters. The highest BCUT2D eigenvalue weighted by Gasteiger charge is 2.30. The molecular weight excluding hydrogens is 288 g/mol. The van der Waals surface area contributed by atoms with E-state index in [1.165, 1.54) is 6.07 Å². The van der Waals surface area contributed by atoms with Gasteiger partial charge in [-0.25, -0.2) is 18.5 Å². The molecule has 0 amide bonds. The third kappa shape index (κ3) is 2.74. The smallest absolute Gasteiger partial charge is 0.241 e. The van der Waals surface area contributed by atoms with E-state index in [0.717, 1.165) is 24.9 Å². The molecule has 1 saturated heterocycles. The fourth-order valence-electron chi connectivity index (χ4n) is 2.76. The van der Waals surface area contributed by atoms with E-state index in [-0.39, 0.29) is 10.9 Å². The maximum absolute atomic E-state index is 11.8. The van der Waals surface area contributed by atoms with Crippen molar-refractivity contribution in [3.8, 4) is 0 Å². The van der Waals surface area contributed by atoms with Crippen LogP contribution in [0, 0.1) is 0 Å². The summed E-state index contributed by atoms with van der Waals surface area (Å²) in [5, 5.41) is 5.30. The van der Waals surface area contributed by atoms with Crippen LogP contribution in [0.3, 0.4) is 0 Å². The number of rotatable bonds is 3. The van der Waals surface area contributed by atoms with E-state index in [1.807, 2.05) is 23.2 Å². The second kappa shape index (κ2) is 5.42. The van der Waals surface area contributed by atoms with E-state index in [2.05, 4.69) is 9.97 Å². The van der Waals surface area contributed by atoms with Crippen LogP contribution in [0.5, 0.6) is 0 Å². The zero-order valence-corrected chi connectivity index (χ0v) is 12.2. The first-order valence-corrected chi connectivity index (χ1v) is 8.26. The number of anilines is 1. The standard InChI is InChI=1S/C14H16N4O2S/c15-21(19,20)13-6-2-8-17-14(13)18-9-3-5-12(18)11-4-1-7-16-10-11/h1-2,4,6-8,10,12H,3,5,9H2,(H2,15,19,20). The zero-order chi connectivity index (χ0) is 14.9. The average molecular weight is 304 g/mol. The molecule has 21 heavy (non-hydrogen) atoms. The summed E-state index contributed by atoms with van der Waals surface area (Å²) in [7, 11) is -3.80. The van der Waals surface area contributed by atoms with Gasteiger partial charge in [0.1, 0.15) is 10.7 Å². The van der Waals surface area contributed by atoms with Crippen molar-refractivity contribution in [3.05, 3.63) is 48.4 Å². The van der Waals surface area contributed by atoms with Gasteiger partial charge >= 0.3 is 0 Å². The number of hydrogen-bond acceptors (Lipinski definition) is 5. The Kier molecular flexibility index (Phi) is 3.60. The molecule has 0 aromatic carbocycles. The Bertz CT molecular complexity index is 734. The molecule has 7 heteroatoms. The lowest BCUT2D eigenvalue weighted by Crippen LogP contribution is -2.27. The van der Waals surface area contributed by atoms with Gasteiger partial charge in [-0.1, -0.05) is 6.07 Å². The van der Waals surface area contributed by atoms with Crippen LogP contribution in [-0.2, 0) is 10.0 Å². The van der Waals surface area contributed by atoms with Crippen molar-refractivity contribution in [1.82, 2.24) is 9.97 Å². The highest BCUT2D eigenvalue weighted by atomic mass is 32.2. The number of nitrogens with two attached hydrogens (primary N) is 1. The Labute approximate surface area is 123 Å². The zero-order valence-electron chi connectivity index (χ0n) is 11.4. The number of nitrogens with zero attached hydrogens (tertiary/aromatic N) is 3. The molecule has 110 valence electrons. The lowest BCUT2D eigenvalue weighted by Gasteiger charge is -2.27. The van der Waals surface area contributed by atoms with Crippen LogP contribution in [0.1, 0.15) is 24.4 Å². The van der Waals surface area contributed by atoms with Gasteiger partial charge < -0.3 is 4.90 Å². The summed E-state index contributed by atoms with van der Waals surface area (Å²) in [5.74, 6) is 0.423. The van der Waals surface area contributed by atoms with Gasteiger partial charge in [0, 0.05) is 25.1 Å². The molecule has 0 radical (unpaired) electrons. The molecule has 0 saturated carbocycles. The average Bonchev–Trinajstić information content (AvgIpc) is 2.96. The molecular formula is C14H16N4O2S. The van der Waals surface area contributed by atoms with Crippen LogP contribution >= 0.6 is 0 Å². The third-order valence-electron chi connectivity index (χ3n) is 3.65. The fourth-order valence-corrected chi connectivity index (χ4v) is 3.45. The van der Waals surface area contributed by atoms with Gasteiger partial charge in [-0.05, 0) is 36.6 Å². The van der Waals surface area contributed by atoms with E-state index < -0.39 is 10.0 Å². The van der Waals surface area contributed by atoms with Crippen LogP contribution < -0.4 is 10.0 Å². The molecule has 0 bridgehead atoms. The van der Waals surface area contributed by atoms with Crippen molar-refractivity contribution in [1.29, 1.82) is 0 Å². The molecule has 2 N–H and O–H groups in total. The molecule has 0 aliphatic carbocycles. The minimum absolute atomic E-state index is 0.0702. The first kappa shape index (κ1) is 14.0. The number of hydrogen-bond donors (Lipinski definition) is 1. The minimum atomic E-state index is -3.80. The van der Waals surface area contributed by atoms with Crippen LogP contribution in [0.4, 0.5) is 5.82 Å². The summed E-state index contributed by atoms with van der Waals surface area (Å²) >= 11 is 0. The molecule has 3 heterocycles. The highest BCUT2D eigenvalue weighted by Crippen LogP contribution is 2.37. The quantitative estimate of drug-likeness (QED) is 0.927. The maximum Gasteiger partial charge on any atom is 0.241 e. The highest BCUT2D eigenvalue weighted by molar-refractivity contribution is 7.89. The van der Waals surface area contributed by atoms with Gasteiger partial charge in [0.15, 0.2) is 0 Å². The van der Waals surface area contributed by atoms with Gasteiger partial charge in [0.05, 0.1) is 6.04 Å². The van der Waals surface area contributed by atoms with Gasteiger partial charge in [0.2, 0.25) is 10.0 Å². The van der Waals surface area contributed by atoms with Gasteiger partial charge in [0.25, 0.3) is 0 Å². The Hall–Kier alpha value is -1.99. The van der Waals surface area contributed by atoms with Crippen molar-refractivity contribution in [2.45, 2.75) is 23.8 Å². The lowest BCUT2D eigenvalue weighted by molar-refractivity contribution is 0.596. The second-order valence-corrected chi connectivity index (χ2v) is 6.54. The topological polar surface area (TPSA) is 89.2 Å². The van der Waals surface area contributed by atoms with E-state index in [9.17, 15) is 8.42 Å². The molecule has 1 aliphatic heterocycles. The molecule has 1 unspecified atom stereocenters. The van der Waals surface area contributed by atoms with Crippen LogP contribution in [0.2, 0.25) is 0 Å². The van der Waals surface area contributed by atoms with Gasteiger partial charge in [-0.3, -0.25) is 4.98 Å². The number of sulfonamides is 1. The van der Waals surface area contributed by atoms with Crippen molar-refractivity contribution < 1.29 is 8.42 Å². The monoisotopic (exact) mass is 304 g/mol. The van der Waals surface area contributed by atoms with E-state index in [1.54, 1.807) is 18.5 Å². The maximum atomic E-state index is 11.8. The van der Waals surface area contributed by atoms with Crippen LogP contribution in [0.15, 0.2) is 47.8 Å². The van der Waals surface area contributed by atoms with E-state index in [4.69, 9.17) is 5.14 Å². The molecule has 1 fully saturated rings. The van der Waals surface area contributed by atoms with Crippen molar-refractivity contribution in [3.63, 3.8) is 0 Å². The summed E-state index contributed by atoms with van der Waals surface area (Å²) in [6, 6.07) is 7.03. The molecule has 1 aliphatic rings. The van der Waals surface area contributed by atoms with E-state index in [0.29, 0.717) is 5.82 Å². The first-order chi connectivity index (χ1) is 10.1. The van der Waals surface area contributed by atoms with Crippen LogP contribution in [-0.4, -0.2) is 24.9 Å². The molecule has 0 spiro atoms. The predicted octanol–water partition coefficient (Wildman–Crippen LogP) is 1.47. The van der Waals surface area contributed by atoms with Gasteiger partial charge in [-0.2, -0.15) is 0 Å². The van der Waals surface area contributed by atoms with Crippen LogP contribution in [0.25, 0.3) is 0 Å². The fraction of sp³-hybridized carbons (Fsp3) is 0.286. The lowest BCUT2D eigenvalue weighted by atomic mass is 10.1. The summed E-state index contributed by atoms with van der Waals surface area (Å²) < 4.78 is 23.5. The summed E-state index contributed by atoms with van der Waals surface area (Å²) in [6.07, 6.45) is 7.02. The number of aromatic nitrogens is 2. The molecule has 2 aromatic heterocycles. The second-order valence-electron chi connectivity index (χ2n) is 5.01. The Morgan fingerprint density at radius 1 is 1.24 bits per heavy atom. The van der Waals surface area contributed by atoms with E-state index >= 15 is 0 Å². The number of primary sulfonamides is 1. The Morgan fingerprint density at radius 2 is 2.05 bits per heavy atom. The summed E-state index contributed by atoms with van der Waals surface area (Å²) in [4.78, 5) is 10.5. The Balaban J connectivity index is 2.04. The predicted molar refractivity (Wildman–Crippen MR) is 79.2 cm³/mol. The minimum Gasteiger partial charge on any atom is -0.348 e. The largest absolute Gasteiger partial charge is 0.348 e. The third-order valence-corrected chi connectivity index (χ3v) is 4.58. The number of pyridine rings is 2. The SMILES string of the molecule is NS(=O)(=O)c1cccnc1N1CCCC1c1cccnc1. The summed E-state index contributed by atoms with van der Waals surface area (Å²) in [6.45, 7) is 0.749. The van der Waals surface area contributed by atoms with Crippen molar-refractivity contribution in [2.24, 2.45) is 5.14 Å². The Morgan fingerprint density at radius 3 is 2.76 bits per heavy atom. The van der Waals surface area contributed by atoms with Gasteiger partial charge in [-0.15, -0.1) is 0 Å². The van der Waals surface area contributed by atoms with Crippen molar-refractivity contribution in [2.75, 3.05) is 11.4 Å². The molecule has 2 aromatic rings. The summed E-state index contributed by atoms with van der Waals surface area (Å²) in [5.41, 5.74) is 1.06. The van der Waals surface area contributed by atoms with Crippen molar-refractivity contribution >= 4 is 15.8 Å². The molecule has 6 nitrogen and oxygen atoms in total. The normalized spacial score (nSPS) is 18.9. The first-order valence-electron chi connectivity index (χ1n) is 6.72.